The monoisotopic (exact) mass is 348 g/mol. The lowest BCUT2D eigenvalue weighted by Gasteiger charge is -2.24. The van der Waals surface area contributed by atoms with Crippen molar-refractivity contribution in [1.29, 1.82) is 0 Å². The molecule has 0 saturated heterocycles. The van der Waals surface area contributed by atoms with Gasteiger partial charge in [0.2, 0.25) is 0 Å². The molecule has 8 heteroatoms. The topological polar surface area (TPSA) is 51.2 Å². The minimum Gasteiger partial charge on any atom is -0.247 e. The van der Waals surface area contributed by atoms with Crippen molar-refractivity contribution in [2.45, 2.75) is 0 Å². The second-order valence-corrected chi connectivity index (χ2v) is 24.8. The van der Waals surface area contributed by atoms with Gasteiger partial charge in [-0.15, -0.1) is 0 Å². The van der Waals surface area contributed by atoms with Crippen LogP contribution in [-0.4, -0.2) is 31.4 Å². The fourth-order valence-electron chi connectivity index (χ4n) is 0.405. The zero-order valence-electron chi connectivity index (χ0n) is 6.24. The number of halogens is 1. The Bertz CT molecular complexity index is 191. The van der Waals surface area contributed by atoms with Crippen molar-refractivity contribution in [2.24, 2.45) is 0 Å². The second kappa shape index (κ2) is 4.68. The Morgan fingerprint density at radius 3 is 1.09 bits per heavy atom. The molecule has 0 bridgehead atoms. The fourth-order valence-corrected chi connectivity index (χ4v) is 10.9. The molecular weight excluding hydrogens is 339 g/mol. The Labute approximate surface area is 85.6 Å². The van der Waals surface area contributed by atoms with Crippen molar-refractivity contribution in [3.8, 4) is 0 Å². The molecule has 3 unspecified atom stereocenters. The molecule has 0 aliphatic heterocycles. The van der Waals surface area contributed by atoms with Gasteiger partial charge in [0.15, 0.2) is 0 Å². The largest absolute Gasteiger partial charge is 0.247 e. The summed E-state index contributed by atoms with van der Waals surface area (Å²) in [7, 11) is -3.78. The zero-order valence-corrected chi connectivity index (χ0v) is 11.7. The van der Waals surface area contributed by atoms with Crippen LogP contribution in [0.15, 0.2) is 0 Å². The van der Waals surface area contributed by atoms with Gasteiger partial charge in [-0.2, -0.15) is 0 Å². The summed E-state index contributed by atoms with van der Waals surface area (Å²) in [5.74, 6) is 0. The van der Waals surface area contributed by atoms with E-state index in [1.54, 1.807) is 0 Å². The van der Waals surface area contributed by atoms with Gasteiger partial charge in [-0.1, -0.05) is 0 Å². The Hall–Kier alpha value is 1.53. The average Bonchev–Trinajstić information content (AvgIpc) is 1.84. The van der Waals surface area contributed by atoms with Gasteiger partial charge in [-0.05, 0) is 0 Å². The molecule has 0 heterocycles. The van der Waals surface area contributed by atoms with E-state index in [1.807, 2.05) is 21.2 Å². The maximum Gasteiger partial charge on any atom is 0.0904 e. The van der Waals surface area contributed by atoms with Crippen molar-refractivity contribution in [3.63, 3.8) is 0 Å². The molecule has 0 aliphatic rings. The van der Waals surface area contributed by atoms with E-state index in [4.69, 9.17) is 0 Å². The van der Waals surface area contributed by atoms with Gasteiger partial charge in [0.05, 0.1) is 29.5 Å². The van der Waals surface area contributed by atoms with Crippen LogP contribution >= 0.6 is 25.5 Å². The van der Waals surface area contributed by atoms with Crippen LogP contribution in [0.5, 0.6) is 0 Å². The molecule has 11 heavy (non-hydrogen) atoms. The highest BCUT2D eigenvalue weighted by Crippen LogP contribution is 2.64. The summed E-state index contributed by atoms with van der Waals surface area (Å²) in [6.07, 6.45) is 4.35. The minimum absolute atomic E-state index is 1.26. The van der Waals surface area contributed by atoms with E-state index in [0.717, 1.165) is 0 Å². The van der Waals surface area contributed by atoms with Gasteiger partial charge in [-0.25, -0.2) is 12.6 Å². The summed E-state index contributed by atoms with van der Waals surface area (Å²) in [5, 5.41) is 0. The van der Waals surface area contributed by atoms with Gasteiger partial charge in [0.25, 0.3) is 0 Å². The third kappa shape index (κ3) is 2.75. The van der Waals surface area contributed by atoms with E-state index >= 15 is 0 Å². The van der Waals surface area contributed by atoms with Crippen molar-refractivity contribution in [1.82, 2.24) is 0 Å². The zero-order chi connectivity index (χ0) is 9.23. The van der Waals surface area contributed by atoms with Crippen LogP contribution < -0.4 is 0 Å². The molecule has 0 rings (SSSR count). The molecule has 0 fully saturated rings. The number of hydrogen-bond acceptors (Lipinski definition) is 3. The standard InChI is InChI=1S/C3H9IO3S4/c1-8(5)11(4,9(2)6)10(3)7/h1-3H3. The number of hydrogen-bond donors (Lipinski definition) is 0. The number of rotatable bonds is 3. The molecule has 0 saturated carbocycles. The minimum atomic E-state index is -2.00. The van der Waals surface area contributed by atoms with Gasteiger partial charge in [0, 0.05) is 44.3 Å². The van der Waals surface area contributed by atoms with E-state index in [9.17, 15) is 12.6 Å². The van der Waals surface area contributed by atoms with Gasteiger partial charge < -0.3 is 0 Å². The SMILES string of the molecule is CS(=O)S(I)(S(C)=O)S(C)=O. The lowest BCUT2D eigenvalue weighted by molar-refractivity contribution is 0.692. The Morgan fingerprint density at radius 2 is 1.09 bits per heavy atom. The normalized spacial score (nSPS) is 28.0. The van der Waals surface area contributed by atoms with Crippen LogP contribution in [0.2, 0.25) is 0 Å². The van der Waals surface area contributed by atoms with Crippen LogP contribution in [0.1, 0.15) is 0 Å². The lowest BCUT2D eigenvalue weighted by atomic mass is 12.0. The lowest BCUT2D eigenvalue weighted by Crippen LogP contribution is -2.08. The van der Waals surface area contributed by atoms with Crippen LogP contribution in [0, 0.1) is 0 Å². The first kappa shape index (κ1) is 12.5. The van der Waals surface area contributed by atoms with Gasteiger partial charge in [-0.3, -0.25) is 0 Å². The first-order chi connectivity index (χ1) is 4.83. The third-order valence-corrected chi connectivity index (χ3v) is 31.6. The smallest absolute Gasteiger partial charge is 0.0904 e. The molecule has 0 aromatic rings. The summed E-state index contributed by atoms with van der Waals surface area (Å²) in [5.41, 5.74) is 0. The Kier molecular flexibility index (Phi) is 5.33. The average molecular weight is 348 g/mol. The summed E-state index contributed by atoms with van der Waals surface area (Å²) >= 11 is 1.83. The quantitative estimate of drug-likeness (QED) is 0.565. The highest BCUT2D eigenvalue weighted by Gasteiger charge is 2.34. The second-order valence-electron chi connectivity index (χ2n) is 1.60. The maximum atomic E-state index is 11.1. The van der Waals surface area contributed by atoms with Crippen molar-refractivity contribution >= 4 is 55.0 Å². The van der Waals surface area contributed by atoms with Crippen molar-refractivity contribution in [3.05, 3.63) is 0 Å². The predicted octanol–water partition coefficient (Wildman–Crippen LogP) is 1.02. The van der Waals surface area contributed by atoms with Crippen molar-refractivity contribution in [2.75, 3.05) is 18.8 Å². The Balaban J connectivity index is 4.99. The van der Waals surface area contributed by atoms with Crippen LogP contribution in [0.3, 0.4) is 0 Å². The maximum absolute atomic E-state index is 11.1. The van der Waals surface area contributed by atoms with E-state index < -0.39 is 33.8 Å². The van der Waals surface area contributed by atoms with E-state index in [-0.39, 0.29) is 0 Å². The van der Waals surface area contributed by atoms with E-state index in [1.165, 1.54) is 18.8 Å². The molecule has 3 atom stereocenters. The first-order valence-electron chi connectivity index (χ1n) is 2.38. The van der Waals surface area contributed by atoms with E-state index in [2.05, 4.69) is 0 Å². The van der Waals surface area contributed by atoms with Crippen molar-refractivity contribution < 1.29 is 12.6 Å². The molecule has 70 valence electrons. The van der Waals surface area contributed by atoms with Crippen LogP contribution in [-0.2, 0) is 29.5 Å². The highest BCUT2D eigenvalue weighted by molar-refractivity contribution is 14.2. The summed E-state index contributed by atoms with van der Waals surface area (Å²) < 4.78 is 31.3. The fraction of sp³-hybridized carbons (Fsp3) is 1.00. The molecule has 3 nitrogen and oxygen atoms in total. The van der Waals surface area contributed by atoms with E-state index in [0.29, 0.717) is 0 Å². The molecule has 0 N–H and O–H groups in total. The molecule has 0 radical (unpaired) electrons. The van der Waals surface area contributed by atoms with Crippen LogP contribution in [0.25, 0.3) is 0 Å². The summed E-state index contributed by atoms with van der Waals surface area (Å²) in [6, 6.07) is 0. The van der Waals surface area contributed by atoms with Gasteiger partial charge in [0.1, 0.15) is 0 Å². The molecule has 0 spiro atoms. The molecular formula is C3H9IO3S4. The first-order valence-corrected chi connectivity index (χ1v) is 12.8. The molecule has 0 aliphatic carbocycles. The van der Waals surface area contributed by atoms with Crippen LogP contribution in [0.4, 0.5) is 0 Å². The Morgan fingerprint density at radius 1 is 0.909 bits per heavy atom. The summed E-state index contributed by atoms with van der Waals surface area (Å²) in [6.45, 7) is 0. The molecule has 0 amide bonds. The van der Waals surface area contributed by atoms with Gasteiger partial charge >= 0.3 is 0 Å². The summed E-state index contributed by atoms with van der Waals surface area (Å²) in [4.78, 5) is 0. The molecule has 0 aromatic heterocycles. The molecule has 0 aromatic carbocycles. The third-order valence-electron chi connectivity index (χ3n) is 0.841. The highest BCUT2D eigenvalue weighted by atomic mass is 127. The predicted molar refractivity (Wildman–Crippen MR) is 63.8 cm³/mol.